The molecule has 1 N–H and O–H groups in total. The van der Waals surface area contributed by atoms with Gasteiger partial charge in [-0.3, -0.25) is 0 Å². The average Bonchev–Trinajstić information content (AvgIpc) is 2.70. The summed E-state index contributed by atoms with van der Waals surface area (Å²) in [5.74, 6) is 0. The smallest absolute Gasteiger partial charge is 0.0297 e. The van der Waals surface area contributed by atoms with Crippen LogP contribution in [-0.4, -0.2) is 4.57 Å². The van der Waals surface area contributed by atoms with Gasteiger partial charge < -0.3 is 9.88 Å². The highest BCUT2D eigenvalue weighted by Crippen LogP contribution is 2.20. The molecule has 0 saturated heterocycles. The van der Waals surface area contributed by atoms with Crippen molar-refractivity contribution in [2.45, 2.75) is 60.7 Å². The van der Waals surface area contributed by atoms with E-state index in [9.17, 15) is 0 Å². The van der Waals surface area contributed by atoms with E-state index >= 15 is 0 Å². The first-order chi connectivity index (χ1) is 9.93. The van der Waals surface area contributed by atoms with Gasteiger partial charge in [0, 0.05) is 30.5 Å². The number of rotatable bonds is 5. The summed E-state index contributed by atoms with van der Waals surface area (Å²) in [7, 11) is 0. The van der Waals surface area contributed by atoms with Gasteiger partial charge in [0.1, 0.15) is 0 Å². The lowest BCUT2D eigenvalue weighted by atomic mass is 10.00. The van der Waals surface area contributed by atoms with Crippen molar-refractivity contribution in [1.29, 1.82) is 0 Å². The number of hydrogen-bond acceptors (Lipinski definition) is 1. The Morgan fingerprint density at radius 3 is 2.38 bits per heavy atom. The predicted octanol–water partition coefficient (Wildman–Crippen LogP) is 4.59. The Bertz CT molecular complexity index is 623. The Kier molecular flexibility index (Phi) is 4.89. The predicted molar refractivity (Wildman–Crippen MR) is 90.8 cm³/mol. The van der Waals surface area contributed by atoms with E-state index in [1.165, 1.54) is 33.6 Å². The molecule has 0 aliphatic rings. The second-order valence-electron chi connectivity index (χ2n) is 6.10. The summed E-state index contributed by atoms with van der Waals surface area (Å²) >= 11 is 0. The molecule has 1 aromatic heterocycles. The topological polar surface area (TPSA) is 17.0 Å². The van der Waals surface area contributed by atoms with E-state index in [1.54, 1.807) is 0 Å². The van der Waals surface area contributed by atoms with Crippen molar-refractivity contribution < 1.29 is 0 Å². The Morgan fingerprint density at radius 2 is 1.81 bits per heavy atom. The van der Waals surface area contributed by atoms with Gasteiger partial charge in [-0.15, -0.1) is 0 Å². The zero-order valence-electron chi connectivity index (χ0n) is 14.2. The maximum atomic E-state index is 3.67. The lowest BCUT2D eigenvalue weighted by Crippen LogP contribution is -2.19. The maximum absolute atomic E-state index is 3.67. The SMILES string of the molecule is CCn1c(C)cc(CNC(C)c2ccc(C)cc2C)c1C. The van der Waals surface area contributed by atoms with Crippen molar-refractivity contribution >= 4 is 0 Å². The number of benzene rings is 1. The first-order valence-electron chi connectivity index (χ1n) is 7.90. The highest BCUT2D eigenvalue weighted by molar-refractivity contribution is 5.33. The van der Waals surface area contributed by atoms with Crippen LogP contribution in [0.5, 0.6) is 0 Å². The van der Waals surface area contributed by atoms with E-state index in [2.05, 4.69) is 75.7 Å². The number of hydrogen-bond donors (Lipinski definition) is 1. The van der Waals surface area contributed by atoms with E-state index in [4.69, 9.17) is 0 Å². The first kappa shape index (κ1) is 15.8. The monoisotopic (exact) mass is 284 g/mol. The van der Waals surface area contributed by atoms with E-state index < -0.39 is 0 Å². The summed E-state index contributed by atoms with van der Waals surface area (Å²) in [4.78, 5) is 0. The van der Waals surface area contributed by atoms with Gasteiger partial charge in [0.2, 0.25) is 0 Å². The largest absolute Gasteiger partial charge is 0.349 e. The minimum Gasteiger partial charge on any atom is -0.349 e. The van der Waals surface area contributed by atoms with Gasteiger partial charge in [-0.25, -0.2) is 0 Å². The van der Waals surface area contributed by atoms with Crippen LogP contribution in [-0.2, 0) is 13.1 Å². The third kappa shape index (κ3) is 3.38. The second-order valence-corrected chi connectivity index (χ2v) is 6.10. The van der Waals surface area contributed by atoms with Crippen LogP contribution in [0, 0.1) is 27.7 Å². The van der Waals surface area contributed by atoms with Crippen molar-refractivity contribution in [3.05, 3.63) is 57.9 Å². The molecule has 0 spiro atoms. The number of aromatic nitrogens is 1. The molecule has 0 saturated carbocycles. The van der Waals surface area contributed by atoms with Crippen LogP contribution in [0.3, 0.4) is 0 Å². The molecule has 1 heterocycles. The lowest BCUT2D eigenvalue weighted by Gasteiger charge is -2.17. The Labute approximate surface area is 129 Å². The summed E-state index contributed by atoms with van der Waals surface area (Å²) in [5.41, 5.74) is 8.24. The molecule has 2 nitrogen and oxygen atoms in total. The third-order valence-electron chi connectivity index (χ3n) is 4.49. The van der Waals surface area contributed by atoms with E-state index in [1.807, 2.05) is 0 Å². The normalized spacial score (nSPS) is 12.7. The third-order valence-corrected chi connectivity index (χ3v) is 4.49. The molecule has 21 heavy (non-hydrogen) atoms. The van der Waals surface area contributed by atoms with Crippen LogP contribution in [0.25, 0.3) is 0 Å². The Balaban J connectivity index is 2.09. The van der Waals surface area contributed by atoms with E-state index in [-0.39, 0.29) is 0 Å². The highest BCUT2D eigenvalue weighted by Gasteiger charge is 2.11. The van der Waals surface area contributed by atoms with Crippen molar-refractivity contribution in [2.75, 3.05) is 0 Å². The van der Waals surface area contributed by atoms with Crippen LogP contribution in [0.4, 0.5) is 0 Å². The van der Waals surface area contributed by atoms with Crippen LogP contribution in [0.1, 0.15) is 53.5 Å². The average molecular weight is 284 g/mol. The molecule has 2 rings (SSSR count). The molecule has 0 fully saturated rings. The van der Waals surface area contributed by atoms with Gasteiger partial charge >= 0.3 is 0 Å². The fourth-order valence-corrected chi connectivity index (χ4v) is 3.22. The molecule has 2 heteroatoms. The van der Waals surface area contributed by atoms with Crippen LogP contribution in [0.15, 0.2) is 24.3 Å². The van der Waals surface area contributed by atoms with Crippen LogP contribution < -0.4 is 5.32 Å². The van der Waals surface area contributed by atoms with Crippen LogP contribution >= 0.6 is 0 Å². The fourth-order valence-electron chi connectivity index (χ4n) is 3.22. The quantitative estimate of drug-likeness (QED) is 0.849. The van der Waals surface area contributed by atoms with Crippen molar-refractivity contribution in [3.8, 4) is 0 Å². The first-order valence-corrected chi connectivity index (χ1v) is 7.90. The molecule has 0 radical (unpaired) electrons. The second kappa shape index (κ2) is 6.48. The van der Waals surface area contributed by atoms with Gasteiger partial charge in [-0.2, -0.15) is 0 Å². The van der Waals surface area contributed by atoms with Crippen molar-refractivity contribution in [2.24, 2.45) is 0 Å². The van der Waals surface area contributed by atoms with E-state index in [0.717, 1.165) is 13.1 Å². The molecule has 0 aliphatic carbocycles. The molecule has 0 amide bonds. The fraction of sp³-hybridized carbons (Fsp3) is 0.474. The number of nitrogens with one attached hydrogen (secondary N) is 1. The summed E-state index contributed by atoms with van der Waals surface area (Å²) in [6.07, 6.45) is 0. The summed E-state index contributed by atoms with van der Waals surface area (Å²) in [6.45, 7) is 15.2. The molecule has 1 aromatic carbocycles. The zero-order chi connectivity index (χ0) is 15.6. The van der Waals surface area contributed by atoms with Gasteiger partial charge in [-0.1, -0.05) is 23.8 Å². The number of nitrogens with zero attached hydrogens (tertiary/aromatic N) is 1. The summed E-state index contributed by atoms with van der Waals surface area (Å²) in [5, 5.41) is 3.67. The van der Waals surface area contributed by atoms with Gasteiger partial charge in [0.05, 0.1) is 0 Å². The minimum absolute atomic E-state index is 0.371. The standard InChI is InChI=1S/C19H28N2/c1-7-21-15(4)11-18(17(21)6)12-20-16(5)19-9-8-13(2)10-14(19)3/h8-11,16,20H,7,12H2,1-6H3. The molecular weight excluding hydrogens is 256 g/mol. The van der Waals surface area contributed by atoms with E-state index in [0.29, 0.717) is 6.04 Å². The number of aryl methyl sites for hydroxylation is 3. The minimum atomic E-state index is 0.371. The van der Waals surface area contributed by atoms with Crippen LogP contribution in [0.2, 0.25) is 0 Å². The van der Waals surface area contributed by atoms with Crippen molar-refractivity contribution in [3.63, 3.8) is 0 Å². The molecule has 114 valence electrons. The molecule has 1 unspecified atom stereocenters. The van der Waals surface area contributed by atoms with Gasteiger partial charge in [-0.05, 0) is 64.3 Å². The van der Waals surface area contributed by atoms with Gasteiger partial charge in [0.25, 0.3) is 0 Å². The highest BCUT2D eigenvalue weighted by atomic mass is 15.0. The van der Waals surface area contributed by atoms with Crippen molar-refractivity contribution in [1.82, 2.24) is 9.88 Å². The molecule has 2 aromatic rings. The lowest BCUT2D eigenvalue weighted by molar-refractivity contribution is 0.569. The molecule has 0 bridgehead atoms. The van der Waals surface area contributed by atoms with Gasteiger partial charge in [0.15, 0.2) is 0 Å². The molecule has 1 atom stereocenters. The molecular formula is C19H28N2. The Hall–Kier alpha value is -1.54. The summed E-state index contributed by atoms with van der Waals surface area (Å²) < 4.78 is 2.37. The maximum Gasteiger partial charge on any atom is 0.0297 e. The Morgan fingerprint density at radius 1 is 1.10 bits per heavy atom. The zero-order valence-corrected chi connectivity index (χ0v) is 14.2. The summed E-state index contributed by atoms with van der Waals surface area (Å²) in [6, 6.07) is 9.38. The molecule has 0 aliphatic heterocycles.